The van der Waals surface area contributed by atoms with Gasteiger partial charge in [0.2, 0.25) is 5.90 Å². The molecule has 0 N–H and O–H groups in total. The lowest BCUT2D eigenvalue weighted by Crippen LogP contribution is -2.05. The average Bonchev–Trinajstić information content (AvgIpc) is 3.13. The van der Waals surface area contributed by atoms with Crippen LogP contribution in [0, 0.1) is 0 Å². The van der Waals surface area contributed by atoms with Crippen molar-refractivity contribution in [2.24, 2.45) is 4.99 Å². The summed E-state index contributed by atoms with van der Waals surface area (Å²) >= 11 is 0. The molecule has 4 rings (SSSR count). The zero-order valence-corrected chi connectivity index (χ0v) is 15.7. The van der Waals surface area contributed by atoms with Gasteiger partial charge in [-0.3, -0.25) is 0 Å². The largest absolute Gasteiger partial charge is 0.490 e. The van der Waals surface area contributed by atoms with Gasteiger partial charge in [0.25, 0.3) is 0 Å². The number of esters is 1. The predicted molar refractivity (Wildman–Crippen MR) is 115 cm³/mol. The van der Waals surface area contributed by atoms with E-state index >= 15 is 0 Å². The molecule has 0 amide bonds. The van der Waals surface area contributed by atoms with Crippen molar-refractivity contribution in [3.05, 3.63) is 108 Å². The molecular formula is C25H19NO3. The van der Waals surface area contributed by atoms with Gasteiger partial charge in [0.15, 0.2) is 5.70 Å². The van der Waals surface area contributed by atoms with Gasteiger partial charge in [0, 0.05) is 5.56 Å². The molecule has 29 heavy (non-hydrogen) atoms. The molecule has 0 bridgehead atoms. The quantitative estimate of drug-likeness (QED) is 0.332. The van der Waals surface area contributed by atoms with Crippen LogP contribution in [0.15, 0.2) is 102 Å². The summed E-state index contributed by atoms with van der Waals surface area (Å²) in [6.45, 7) is 4.06. The lowest BCUT2D eigenvalue weighted by Gasteiger charge is -2.03. The predicted octanol–water partition coefficient (Wildman–Crippen LogP) is 5.26. The Hall–Kier alpha value is -3.92. The fourth-order valence-electron chi connectivity index (χ4n) is 2.98. The highest BCUT2D eigenvalue weighted by Crippen LogP contribution is 2.24. The Kier molecular flexibility index (Phi) is 5.34. The summed E-state index contributed by atoms with van der Waals surface area (Å²) in [5.74, 6) is 0.538. The lowest BCUT2D eigenvalue weighted by atomic mass is 10.0. The van der Waals surface area contributed by atoms with Gasteiger partial charge >= 0.3 is 5.97 Å². The molecule has 0 saturated heterocycles. The lowest BCUT2D eigenvalue weighted by molar-refractivity contribution is -0.129. The summed E-state index contributed by atoms with van der Waals surface area (Å²) in [6.07, 6.45) is 3.37. The maximum atomic E-state index is 12.3. The smallest absolute Gasteiger partial charge is 0.363 e. The number of ether oxygens (including phenoxy) is 2. The first-order chi connectivity index (χ1) is 14.2. The van der Waals surface area contributed by atoms with Crippen LogP contribution in [0.25, 0.3) is 17.2 Å². The molecule has 4 heteroatoms. The summed E-state index contributed by atoms with van der Waals surface area (Å²) in [5, 5.41) is 0. The fourth-order valence-corrected chi connectivity index (χ4v) is 2.98. The van der Waals surface area contributed by atoms with Gasteiger partial charge in [-0.05, 0) is 47.0 Å². The number of hydrogen-bond donors (Lipinski definition) is 0. The van der Waals surface area contributed by atoms with Crippen molar-refractivity contribution >= 4 is 17.9 Å². The first-order valence-corrected chi connectivity index (χ1v) is 9.25. The average molecular weight is 381 g/mol. The van der Waals surface area contributed by atoms with E-state index in [1.165, 1.54) is 0 Å². The van der Waals surface area contributed by atoms with Gasteiger partial charge in [-0.2, -0.15) is 0 Å². The highest BCUT2D eigenvalue weighted by atomic mass is 16.6. The third kappa shape index (κ3) is 4.33. The Morgan fingerprint density at radius 3 is 2.38 bits per heavy atom. The molecule has 0 spiro atoms. The number of nitrogens with zero attached hydrogens (tertiary/aromatic N) is 1. The topological polar surface area (TPSA) is 47.9 Å². The molecule has 0 fully saturated rings. The SMILES string of the molecule is C=CCOc1cccc(/C=C2\N=C(c3ccc(-c4ccccc4)cc3)OC2=O)c1. The number of aliphatic imine (C=N–C) groups is 1. The van der Waals surface area contributed by atoms with Gasteiger partial charge in [-0.25, -0.2) is 9.79 Å². The molecule has 1 heterocycles. The molecule has 4 nitrogen and oxygen atoms in total. The first-order valence-electron chi connectivity index (χ1n) is 9.25. The number of cyclic esters (lactones) is 1. The standard InChI is InChI=1S/C25H19NO3/c1-2-15-28-22-10-6-7-18(16-22)17-23-25(27)29-24(26-23)21-13-11-20(12-14-21)19-8-4-3-5-9-19/h2-14,16-17H,1,15H2/b23-17-. The van der Waals surface area contributed by atoms with Crippen LogP contribution in [0.1, 0.15) is 11.1 Å². The number of carbonyl (C=O) groups excluding carboxylic acids is 1. The van der Waals surface area contributed by atoms with Crippen LogP contribution in [0.3, 0.4) is 0 Å². The Morgan fingerprint density at radius 1 is 0.897 bits per heavy atom. The minimum atomic E-state index is -0.468. The minimum Gasteiger partial charge on any atom is -0.490 e. The van der Waals surface area contributed by atoms with Crippen molar-refractivity contribution in [1.82, 2.24) is 0 Å². The zero-order valence-electron chi connectivity index (χ0n) is 15.7. The molecule has 3 aromatic rings. The highest BCUT2D eigenvalue weighted by Gasteiger charge is 2.24. The van der Waals surface area contributed by atoms with Crippen molar-refractivity contribution in [3.8, 4) is 16.9 Å². The molecule has 0 radical (unpaired) electrons. The van der Waals surface area contributed by atoms with Gasteiger partial charge in [0.1, 0.15) is 12.4 Å². The van der Waals surface area contributed by atoms with Crippen LogP contribution < -0.4 is 4.74 Å². The van der Waals surface area contributed by atoms with Crippen molar-refractivity contribution in [1.29, 1.82) is 0 Å². The summed E-state index contributed by atoms with van der Waals surface area (Å²) in [5.41, 5.74) is 4.04. The number of carbonyl (C=O) groups is 1. The van der Waals surface area contributed by atoms with E-state index in [1.807, 2.05) is 66.7 Å². The molecule has 0 aliphatic carbocycles. The van der Waals surface area contributed by atoms with Crippen LogP contribution in [0.2, 0.25) is 0 Å². The van der Waals surface area contributed by atoms with Gasteiger partial charge in [-0.15, -0.1) is 0 Å². The molecule has 0 atom stereocenters. The fraction of sp³-hybridized carbons (Fsp3) is 0.0400. The second kappa shape index (κ2) is 8.40. The minimum absolute atomic E-state index is 0.257. The number of hydrogen-bond acceptors (Lipinski definition) is 4. The van der Waals surface area contributed by atoms with Crippen LogP contribution in [0.4, 0.5) is 0 Å². The van der Waals surface area contributed by atoms with E-state index in [9.17, 15) is 4.79 Å². The Balaban J connectivity index is 1.56. The molecule has 3 aromatic carbocycles. The Labute approximate surface area is 169 Å². The second-order valence-corrected chi connectivity index (χ2v) is 6.45. The van der Waals surface area contributed by atoms with E-state index in [1.54, 1.807) is 12.2 Å². The van der Waals surface area contributed by atoms with E-state index in [0.717, 1.165) is 22.3 Å². The third-order valence-corrected chi connectivity index (χ3v) is 4.39. The summed E-state index contributed by atoms with van der Waals surface area (Å²) in [7, 11) is 0. The van der Waals surface area contributed by atoms with Crippen LogP contribution in [-0.2, 0) is 9.53 Å². The van der Waals surface area contributed by atoms with Crippen LogP contribution >= 0.6 is 0 Å². The zero-order chi connectivity index (χ0) is 20.1. The summed E-state index contributed by atoms with van der Waals surface area (Å²) < 4.78 is 10.9. The molecule has 142 valence electrons. The van der Waals surface area contributed by atoms with E-state index in [-0.39, 0.29) is 5.70 Å². The highest BCUT2D eigenvalue weighted by molar-refractivity contribution is 6.13. The van der Waals surface area contributed by atoms with Crippen molar-refractivity contribution in [2.75, 3.05) is 6.61 Å². The molecule has 1 aliphatic rings. The van der Waals surface area contributed by atoms with Crippen molar-refractivity contribution < 1.29 is 14.3 Å². The molecular weight excluding hydrogens is 362 g/mol. The Morgan fingerprint density at radius 2 is 1.62 bits per heavy atom. The van der Waals surface area contributed by atoms with E-state index in [2.05, 4.69) is 23.7 Å². The van der Waals surface area contributed by atoms with Gasteiger partial charge in [-0.1, -0.05) is 67.3 Å². The van der Waals surface area contributed by atoms with Crippen LogP contribution in [0.5, 0.6) is 5.75 Å². The normalized spacial score (nSPS) is 14.4. The maximum absolute atomic E-state index is 12.3. The summed E-state index contributed by atoms with van der Waals surface area (Å²) in [6, 6.07) is 25.3. The number of rotatable bonds is 6. The van der Waals surface area contributed by atoms with Crippen molar-refractivity contribution in [3.63, 3.8) is 0 Å². The number of benzene rings is 3. The van der Waals surface area contributed by atoms with Gasteiger partial charge in [0.05, 0.1) is 0 Å². The molecule has 0 saturated carbocycles. The molecule has 1 aliphatic heterocycles. The third-order valence-electron chi connectivity index (χ3n) is 4.39. The summed E-state index contributed by atoms with van der Waals surface area (Å²) in [4.78, 5) is 16.6. The second-order valence-electron chi connectivity index (χ2n) is 6.45. The van der Waals surface area contributed by atoms with E-state index < -0.39 is 5.97 Å². The molecule has 0 aromatic heterocycles. The monoisotopic (exact) mass is 381 g/mol. The van der Waals surface area contributed by atoms with Crippen LogP contribution in [-0.4, -0.2) is 18.5 Å². The maximum Gasteiger partial charge on any atom is 0.363 e. The van der Waals surface area contributed by atoms with Crippen molar-refractivity contribution in [2.45, 2.75) is 0 Å². The Bertz CT molecular complexity index is 1100. The molecule has 0 unspecified atom stereocenters. The van der Waals surface area contributed by atoms with E-state index in [0.29, 0.717) is 18.3 Å². The van der Waals surface area contributed by atoms with Gasteiger partial charge < -0.3 is 9.47 Å². The first kappa shape index (κ1) is 18.4. The van der Waals surface area contributed by atoms with E-state index in [4.69, 9.17) is 9.47 Å².